The Morgan fingerprint density at radius 2 is 1.48 bits per heavy atom. The zero-order chi connectivity index (χ0) is 22.2. The maximum atomic E-state index is 13.2. The number of hydrogen-bond donors (Lipinski definition) is 1. The van der Waals surface area contributed by atoms with Gasteiger partial charge in [-0.25, -0.2) is 0 Å². The first-order valence-corrected chi connectivity index (χ1v) is 10.3. The van der Waals surface area contributed by atoms with E-state index in [0.29, 0.717) is 6.54 Å². The smallest absolute Gasteiger partial charge is 0.237 e. The Hall–Kier alpha value is -3.31. The van der Waals surface area contributed by atoms with Gasteiger partial charge in [0, 0.05) is 18.2 Å². The first kappa shape index (κ1) is 22.4. The van der Waals surface area contributed by atoms with Crippen molar-refractivity contribution in [1.82, 2.24) is 10.2 Å². The number of benzene rings is 3. The number of nitrogens with zero attached hydrogens (tertiary/aromatic N) is 1. The predicted octanol–water partition coefficient (Wildman–Crippen LogP) is 4.43. The Morgan fingerprint density at radius 1 is 0.903 bits per heavy atom. The van der Waals surface area contributed by atoms with E-state index >= 15 is 0 Å². The fourth-order valence-electron chi connectivity index (χ4n) is 3.50. The Bertz CT molecular complexity index is 937. The molecule has 0 saturated heterocycles. The molecule has 0 aliphatic rings. The van der Waals surface area contributed by atoms with Crippen LogP contribution < -0.4 is 14.8 Å². The second-order valence-corrected chi connectivity index (χ2v) is 7.53. The summed E-state index contributed by atoms with van der Waals surface area (Å²) >= 11 is 0. The van der Waals surface area contributed by atoms with E-state index in [4.69, 9.17) is 9.47 Å². The fraction of sp³-hybridized carbons (Fsp3) is 0.269. The highest BCUT2D eigenvalue weighted by molar-refractivity contribution is 5.82. The minimum absolute atomic E-state index is 0.0346. The molecular weight excluding hydrogens is 388 g/mol. The molecule has 0 heterocycles. The van der Waals surface area contributed by atoms with Gasteiger partial charge in [-0.2, -0.15) is 0 Å². The van der Waals surface area contributed by atoms with Gasteiger partial charge in [0.2, 0.25) is 5.91 Å². The molecule has 5 nitrogen and oxygen atoms in total. The highest BCUT2D eigenvalue weighted by Crippen LogP contribution is 2.26. The van der Waals surface area contributed by atoms with Crippen LogP contribution >= 0.6 is 0 Å². The van der Waals surface area contributed by atoms with Crippen molar-refractivity contribution in [3.8, 4) is 11.5 Å². The molecule has 0 radical (unpaired) electrons. The van der Waals surface area contributed by atoms with Gasteiger partial charge in [-0.1, -0.05) is 66.7 Å². The summed E-state index contributed by atoms with van der Waals surface area (Å²) in [5, 5.41) is 3.23. The van der Waals surface area contributed by atoms with Crippen molar-refractivity contribution >= 4 is 5.91 Å². The molecule has 1 amide bonds. The van der Waals surface area contributed by atoms with Gasteiger partial charge < -0.3 is 14.8 Å². The standard InChI is InChI=1S/C26H30N2O3/c1-19(28(2)18-22-15-16-23(30-3)17-24(22)31-4)26(29)27-25(20-11-7-5-8-12-20)21-13-9-6-10-14-21/h5-17,19,25H,18H2,1-4H3,(H,27,29)/t19-/m0/s1. The Kier molecular flexibility index (Phi) is 7.68. The number of nitrogens with one attached hydrogen (secondary N) is 1. The zero-order valence-corrected chi connectivity index (χ0v) is 18.5. The van der Waals surface area contributed by atoms with E-state index in [1.807, 2.05) is 97.7 Å². The first-order chi connectivity index (χ1) is 15.0. The Labute approximate surface area is 184 Å². The van der Waals surface area contributed by atoms with Gasteiger partial charge in [0.25, 0.3) is 0 Å². The molecule has 0 bridgehead atoms. The van der Waals surface area contributed by atoms with Crippen molar-refractivity contribution in [3.63, 3.8) is 0 Å². The van der Waals surface area contributed by atoms with Gasteiger partial charge in [-0.15, -0.1) is 0 Å². The van der Waals surface area contributed by atoms with E-state index < -0.39 is 0 Å². The molecular formula is C26H30N2O3. The minimum Gasteiger partial charge on any atom is -0.497 e. The van der Waals surface area contributed by atoms with E-state index in [9.17, 15) is 4.79 Å². The highest BCUT2D eigenvalue weighted by Gasteiger charge is 2.23. The molecule has 5 heteroatoms. The second kappa shape index (κ2) is 10.6. The van der Waals surface area contributed by atoms with E-state index in [1.54, 1.807) is 14.2 Å². The normalized spacial score (nSPS) is 11.9. The van der Waals surface area contributed by atoms with Gasteiger partial charge in [-0.3, -0.25) is 9.69 Å². The van der Waals surface area contributed by atoms with E-state index in [2.05, 4.69) is 5.32 Å². The molecule has 0 aliphatic carbocycles. The number of amides is 1. The number of likely N-dealkylation sites (N-methyl/N-ethyl adjacent to an activating group) is 1. The second-order valence-electron chi connectivity index (χ2n) is 7.53. The summed E-state index contributed by atoms with van der Waals surface area (Å²) in [6.45, 7) is 2.49. The third kappa shape index (κ3) is 5.64. The summed E-state index contributed by atoms with van der Waals surface area (Å²) in [6, 6.07) is 25.2. The van der Waals surface area contributed by atoms with Crippen molar-refractivity contribution in [2.45, 2.75) is 25.6 Å². The highest BCUT2D eigenvalue weighted by atomic mass is 16.5. The molecule has 3 aromatic rings. The van der Waals surface area contributed by atoms with Gasteiger partial charge in [0.05, 0.1) is 26.3 Å². The lowest BCUT2D eigenvalue weighted by Crippen LogP contribution is -2.44. The summed E-state index contributed by atoms with van der Waals surface area (Å²) in [5.74, 6) is 1.44. The number of carbonyl (C=O) groups is 1. The summed E-state index contributed by atoms with van der Waals surface area (Å²) in [6.07, 6.45) is 0. The van der Waals surface area contributed by atoms with Gasteiger partial charge >= 0.3 is 0 Å². The minimum atomic E-state index is -0.332. The van der Waals surface area contributed by atoms with Crippen LogP contribution in [0.25, 0.3) is 0 Å². The Balaban J connectivity index is 1.75. The van der Waals surface area contributed by atoms with Gasteiger partial charge in [-0.05, 0) is 31.2 Å². The largest absolute Gasteiger partial charge is 0.497 e. The van der Waals surface area contributed by atoms with Crippen LogP contribution in [0.15, 0.2) is 78.9 Å². The number of rotatable bonds is 9. The maximum Gasteiger partial charge on any atom is 0.237 e. The lowest BCUT2D eigenvalue weighted by Gasteiger charge is -2.27. The summed E-state index contributed by atoms with van der Waals surface area (Å²) < 4.78 is 10.8. The summed E-state index contributed by atoms with van der Waals surface area (Å²) in [5.41, 5.74) is 3.09. The van der Waals surface area contributed by atoms with Crippen LogP contribution in [0, 0.1) is 0 Å². The van der Waals surface area contributed by atoms with Crippen LogP contribution in [-0.2, 0) is 11.3 Å². The third-order valence-corrected chi connectivity index (χ3v) is 5.51. The van der Waals surface area contributed by atoms with E-state index in [-0.39, 0.29) is 18.0 Å². The topological polar surface area (TPSA) is 50.8 Å². The van der Waals surface area contributed by atoms with E-state index in [1.165, 1.54) is 0 Å². The lowest BCUT2D eigenvalue weighted by atomic mass is 9.98. The average Bonchev–Trinajstić information content (AvgIpc) is 2.83. The first-order valence-electron chi connectivity index (χ1n) is 10.3. The predicted molar refractivity (Wildman–Crippen MR) is 123 cm³/mol. The molecule has 1 N–H and O–H groups in total. The van der Waals surface area contributed by atoms with Crippen LogP contribution in [-0.4, -0.2) is 38.1 Å². The molecule has 3 rings (SSSR count). The van der Waals surface area contributed by atoms with Gasteiger partial charge in [0.1, 0.15) is 11.5 Å². The lowest BCUT2D eigenvalue weighted by molar-refractivity contribution is -0.126. The van der Waals surface area contributed by atoms with Crippen molar-refractivity contribution in [2.75, 3.05) is 21.3 Å². The maximum absolute atomic E-state index is 13.2. The molecule has 162 valence electrons. The van der Waals surface area contributed by atoms with Crippen molar-refractivity contribution < 1.29 is 14.3 Å². The van der Waals surface area contributed by atoms with Crippen molar-refractivity contribution in [1.29, 1.82) is 0 Å². The van der Waals surface area contributed by atoms with Crippen molar-refractivity contribution in [2.24, 2.45) is 0 Å². The van der Waals surface area contributed by atoms with Crippen molar-refractivity contribution in [3.05, 3.63) is 95.6 Å². The third-order valence-electron chi connectivity index (χ3n) is 5.51. The number of carbonyl (C=O) groups excluding carboxylic acids is 1. The number of methoxy groups -OCH3 is 2. The summed E-state index contributed by atoms with van der Waals surface area (Å²) in [4.78, 5) is 15.2. The molecule has 3 aromatic carbocycles. The monoisotopic (exact) mass is 418 g/mol. The molecule has 31 heavy (non-hydrogen) atoms. The van der Waals surface area contributed by atoms with Crippen LogP contribution in [0.1, 0.15) is 29.7 Å². The van der Waals surface area contributed by atoms with E-state index in [0.717, 1.165) is 28.2 Å². The Morgan fingerprint density at radius 3 is 2.00 bits per heavy atom. The SMILES string of the molecule is COc1ccc(CN(C)[C@@H](C)C(=O)NC(c2ccccc2)c2ccccc2)c(OC)c1. The number of hydrogen-bond acceptors (Lipinski definition) is 4. The quantitative estimate of drug-likeness (QED) is 0.559. The molecule has 0 aromatic heterocycles. The molecule has 0 unspecified atom stereocenters. The molecule has 0 fully saturated rings. The molecule has 0 aliphatic heterocycles. The van der Waals surface area contributed by atoms with Crippen LogP contribution in [0.5, 0.6) is 11.5 Å². The molecule has 0 saturated carbocycles. The molecule has 1 atom stereocenters. The zero-order valence-electron chi connectivity index (χ0n) is 18.5. The van der Waals surface area contributed by atoms with Gasteiger partial charge in [0.15, 0.2) is 0 Å². The fourth-order valence-corrected chi connectivity index (χ4v) is 3.50. The molecule has 0 spiro atoms. The van der Waals surface area contributed by atoms with Crippen LogP contribution in [0.3, 0.4) is 0 Å². The average molecular weight is 419 g/mol. The van der Waals surface area contributed by atoms with Crippen LogP contribution in [0.2, 0.25) is 0 Å². The number of ether oxygens (including phenoxy) is 2. The van der Waals surface area contributed by atoms with Crippen LogP contribution in [0.4, 0.5) is 0 Å². The summed E-state index contributed by atoms with van der Waals surface area (Å²) in [7, 11) is 5.20.